The summed E-state index contributed by atoms with van der Waals surface area (Å²) in [6, 6.07) is 4.28. The van der Waals surface area contributed by atoms with Crippen LogP contribution >= 0.6 is 0 Å². The quantitative estimate of drug-likeness (QED) is 0.495. The van der Waals surface area contributed by atoms with Gasteiger partial charge in [0, 0.05) is 37.5 Å². The van der Waals surface area contributed by atoms with Gasteiger partial charge in [-0.3, -0.25) is 4.79 Å². The van der Waals surface area contributed by atoms with Crippen LogP contribution in [0.25, 0.3) is 0 Å². The first-order chi connectivity index (χ1) is 12.4. The highest BCUT2D eigenvalue weighted by molar-refractivity contribution is 5.80. The second-order valence-electron chi connectivity index (χ2n) is 7.37. The Labute approximate surface area is 158 Å². The lowest BCUT2D eigenvalue weighted by Gasteiger charge is -2.13. The zero-order valence-corrected chi connectivity index (χ0v) is 17.3. The van der Waals surface area contributed by atoms with E-state index in [1.807, 2.05) is 0 Å². The Balaban J connectivity index is 2.04. The van der Waals surface area contributed by atoms with Crippen LogP contribution in [0.4, 0.5) is 0 Å². The van der Waals surface area contributed by atoms with Crippen molar-refractivity contribution in [2.75, 3.05) is 0 Å². The molecule has 0 saturated heterocycles. The predicted octanol–water partition coefficient (Wildman–Crippen LogP) is 6.38. The maximum atomic E-state index is 12.7. The van der Waals surface area contributed by atoms with Crippen LogP contribution in [0.3, 0.4) is 0 Å². The smallest absolute Gasteiger partial charge is 0.134 e. The Morgan fingerprint density at radius 2 is 1.15 bits per heavy atom. The first-order valence-electron chi connectivity index (χ1n) is 10.2. The topological polar surface area (TPSA) is 43.4 Å². The summed E-state index contributed by atoms with van der Waals surface area (Å²) in [6.45, 7) is 12.7. The number of furan rings is 2. The summed E-state index contributed by atoms with van der Waals surface area (Å²) in [5, 5.41) is 0. The Morgan fingerprint density at radius 3 is 1.46 bits per heavy atom. The molecule has 0 N–H and O–H groups in total. The molecule has 0 bridgehead atoms. The molecule has 2 atom stereocenters. The molecular formula is C23H34O3. The molecule has 0 aliphatic heterocycles. The van der Waals surface area contributed by atoms with Gasteiger partial charge in [-0.15, -0.1) is 0 Å². The minimum absolute atomic E-state index is 0.124. The molecule has 0 saturated carbocycles. The van der Waals surface area contributed by atoms with E-state index >= 15 is 0 Å². The standard InChI is InChI=1S/C23H34O3/c1-7-17-13-20(9-3)25-22(17)15(5)11-19(24)12-16(6)23-18(8-2)14-21(10-4)26-23/h13-16H,7-12H2,1-6H3. The number of rotatable bonds is 10. The van der Waals surface area contributed by atoms with E-state index in [1.54, 1.807) is 0 Å². The molecule has 2 unspecified atom stereocenters. The predicted molar refractivity (Wildman–Crippen MR) is 106 cm³/mol. The zero-order valence-electron chi connectivity index (χ0n) is 17.3. The molecule has 3 nitrogen and oxygen atoms in total. The molecule has 0 aliphatic carbocycles. The Hall–Kier alpha value is -1.77. The third kappa shape index (κ3) is 4.69. The first kappa shape index (κ1) is 20.5. The number of carbonyl (C=O) groups excluding carboxylic acids is 1. The SMILES string of the molecule is CCc1cc(CC)c(C(C)CC(=O)CC(C)c2oc(CC)cc2CC)o1. The normalized spacial score (nSPS) is 13.8. The van der Waals surface area contributed by atoms with Gasteiger partial charge >= 0.3 is 0 Å². The highest BCUT2D eigenvalue weighted by atomic mass is 16.3. The van der Waals surface area contributed by atoms with E-state index in [4.69, 9.17) is 8.83 Å². The van der Waals surface area contributed by atoms with Crippen molar-refractivity contribution in [3.63, 3.8) is 0 Å². The number of hydrogen-bond acceptors (Lipinski definition) is 3. The minimum atomic E-state index is 0.124. The van der Waals surface area contributed by atoms with Gasteiger partial charge in [0.25, 0.3) is 0 Å². The fourth-order valence-corrected chi connectivity index (χ4v) is 3.69. The monoisotopic (exact) mass is 358 g/mol. The molecule has 2 rings (SSSR count). The number of aryl methyl sites for hydroxylation is 4. The van der Waals surface area contributed by atoms with Crippen LogP contribution in [0, 0.1) is 0 Å². The van der Waals surface area contributed by atoms with Crippen LogP contribution in [0.1, 0.15) is 100 Å². The molecule has 144 valence electrons. The first-order valence-corrected chi connectivity index (χ1v) is 10.2. The largest absolute Gasteiger partial charge is 0.466 e. The van der Waals surface area contributed by atoms with Crippen molar-refractivity contribution in [1.82, 2.24) is 0 Å². The molecule has 2 aromatic rings. The van der Waals surface area contributed by atoms with E-state index < -0.39 is 0 Å². The maximum absolute atomic E-state index is 12.7. The van der Waals surface area contributed by atoms with Gasteiger partial charge in [0.05, 0.1) is 0 Å². The molecule has 0 spiro atoms. The summed E-state index contributed by atoms with van der Waals surface area (Å²) in [5.74, 6) is 4.53. The highest BCUT2D eigenvalue weighted by Gasteiger charge is 2.23. The van der Waals surface area contributed by atoms with E-state index in [1.165, 1.54) is 11.1 Å². The average Bonchev–Trinajstić information content (AvgIpc) is 3.24. The van der Waals surface area contributed by atoms with Crippen LogP contribution in [-0.4, -0.2) is 5.78 Å². The molecule has 0 amide bonds. The summed E-state index contributed by atoms with van der Waals surface area (Å²) >= 11 is 0. The summed E-state index contributed by atoms with van der Waals surface area (Å²) in [7, 11) is 0. The zero-order chi connectivity index (χ0) is 19.3. The molecule has 2 heterocycles. The van der Waals surface area contributed by atoms with E-state index in [2.05, 4.69) is 53.7 Å². The third-order valence-electron chi connectivity index (χ3n) is 5.21. The van der Waals surface area contributed by atoms with Gasteiger partial charge in [0.1, 0.15) is 28.8 Å². The van der Waals surface area contributed by atoms with Gasteiger partial charge in [0.2, 0.25) is 0 Å². The third-order valence-corrected chi connectivity index (χ3v) is 5.21. The van der Waals surface area contributed by atoms with Crippen LogP contribution in [0.15, 0.2) is 21.0 Å². The van der Waals surface area contributed by atoms with Gasteiger partial charge < -0.3 is 8.83 Å². The van der Waals surface area contributed by atoms with E-state index in [0.29, 0.717) is 12.8 Å². The lowest BCUT2D eigenvalue weighted by Crippen LogP contribution is -2.09. The molecule has 0 fully saturated rings. The fraction of sp³-hybridized carbons (Fsp3) is 0.609. The molecule has 26 heavy (non-hydrogen) atoms. The lowest BCUT2D eigenvalue weighted by atomic mass is 9.92. The van der Waals surface area contributed by atoms with Crippen molar-refractivity contribution >= 4 is 5.78 Å². The highest BCUT2D eigenvalue weighted by Crippen LogP contribution is 2.31. The Morgan fingerprint density at radius 1 is 0.769 bits per heavy atom. The molecule has 0 aromatic carbocycles. The van der Waals surface area contributed by atoms with Gasteiger partial charge in [0.15, 0.2) is 0 Å². The summed E-state index contributed by atoms with van der Waals surface area (Å²) in [6.07, 6.45) is 4.72. The summed E-state index contributed by atoms with van der Waals surface area (Å²) in [5.41, 5.74) is 2.48. The Bertz CT molecular complexity index is 660. The van der Waals surface area contributed by atoms with E-state index in [9.17, 15) is 4.79 Å². The number of ketones is 1. The number of carbonyl (C=O) groups is 1. The van der Waals surface area contributed by atoms with Gasteiger partial charge in [-0.05, 0) is 36.1 Å². The van der Waals surface area contributed by atoms with Crippen molar-refractivity contribution in [3.8, 4) is 0 Å². The van der Waals surface area contributed by atoms with Crippen LogP contribution in [-0.2, 0) is 30.5 Å². The lowest BCUT2D eigenvalue weighted by molar-refractivity contribution is -0.119. The van der Waals surface area contributed by atoms with Crippen molar-refractivity contribution in [3.05, 3.63) is 46.3 Å². The van der Waals surface area contributed by atoms with Gasteiger partial charge in [-0.1, -0.05) is 41.5 Å². The second kappa shape index (κ2) is 9.25. The van der Waals surface area contributed by atoms with Crippen LogP contribution in [0.5, 0.6) is 0 Å². The molecule has 0 radical (unpaired) electrons. The molecule has 3 heteroatoms. The van der Waals surface area contributed by atoms with Crippen LogP contribution in [0.2, 0.25) is 0 Å². The van der Waals surface area contributed by atoms with Crippen molar-refractivity contribution in [2.24, 2.45) is 0 Å². The fourth-order valence-electron chi connectivity index (χ4n) is 3.69. The summed E-state index contributed by atoms with van der Waals surface area (Å²) in [4.78, 5) is 12.7. The number of Topliss-reactive ketones (excluding diaryl/α,β-unsaturated/α-hetero) is 1. The molecule has 0 aliphatic rings. The van der Waals surface area contributed by atoms with Crippen molar-refractivity contribution in [1.29, 1.82) is 0 Å². The van der Waals surface area contributed by atoms with Gasteiger partial charge in [-0.25, -0.2) is 0 Å². The van der Waals surface area contributed by atoms with Crippen molar-refractivity contribution in [2.45, 2.75) is 91.9 Å². The number of hydrogen-bond donors (Lipinski definition) is 0. The van der Waals surface area contributed by atoms with Gasteiger partial charge in [-0.2, -0.15) is 0 Å². The van der Waals surface area contributed by atoms with Crippen molar-refractivity contribution < 1.29 is 13.6 Å². The maximum Gasteiger partial charge on any atom is 0.134 e. The molecule has 2 aromatic heterocycles. The second-order valence-corrected chi connectivity index (χ2v) is 7.37. The Kier molecular flexibility index (Phi) is 7.31. The summed E-state index contributed by atoms with van der Waals surface area (Å²) < 4.78 is 12.0. The van der Waals surface area contributed by atoms with E-state index in [-0.39, 0.29) is 17.6 Å². The average molecular weight is 359 g/mol. The minimum Gasteiger partial charge on any atom is -0.466 e. The van der Waals surface area contributed by atoms with Crippen LogP contribution < -0.4 is 0 Å². The van der Waals surface area contributed by atoms with E-state index in [0.717, 1.165) is 48.7 Å². The molecular weight excluding hydrogens is 324 g/mol.